The molecule has 1 aliphatic heterocycles. The molecule has 0 spiro atoms. The Morgan fingerprint density at radius 3 is 1.91 bits per heavy atom. The Hall–Kier alpha value is -1.21. The number of piperazine rings is 1. The van der Waals surface area contributed by atoms with E-state index in [2.05, 4.69) is 5.32 Å². The van der Waals surface area contributed by atoms with Crippen molar-refractivity contribution in [1.29, 1.82) is 0 Å². The molecule has 1 heterocycles. The molecule has 2 nitrogen and oxygen atoms in total. The summed E-state index contributed by atoms with van der Waals surface area (Å²) in [6.45, 7) is 4.25. The molecular weight excluding hydrogens is 315 g/mol. The summed E-state index contributed by atoms with van der Waals surface area (Å²) >= 11 is 0. The minimum absolute atomic E-state index is 0.367. The highest BCUT2D eigenvalue weighted by Gasteiger charge is 2.33. The summed E-state index contributed by atoms with van der Waals surface area (Å²) in [6.07, 6.45) is 2.79. The maximum atomic E-state index is 14.2. The monoisotopic (exact) mass is 336 g/mol. The van der Waals surface area contributed by atoms with Crippen LogP contribution in [0, 0.1) is 29.1 Å². The number of rotatable bonds is 6. The van der Waals surface area contributed by atoms with Crippen molar-refractivity contribution in [2.24, 2.45) is 0 Å². The molecule has 1 saturated heterocycles. The van der Waals surface area contributed by atoms with Crippen LogP contribution >= 0.6 is 0 Å². The van der Waals surface area contributed by atoms with Gasteiger partial charge in [-0.1, -0.05) is 26.2 Å². The first-order valence-corrected chi connectivity index (χ1v) is 7.95. The van der Waals surface area contributed by atoms with Gasteiger partial charge in [0.2, 0.25) is 5.82 Å². The van der Waals surface area contributed by atoms with Crippen LogP contribution in [0.5, 0.6) is 0 Å². The molecule has 7 heteroatoms. The molecule has 1 aromatic rings. The Bertz CT molecular complexity index is 515. The van der Waals surface area contributed by atoms with Crippen LogP contribution in [0.15, 0.2) is 0 Å². The lowest BCUT2D eigenvalue weighted by atomic mass is 9.96. The molecule has 0 radical (unpaired) electrons. The van der Waals surface area contributed by atoms with Gasteiger partial charge in [0.15, 0.2) is 23.3 Å². The normalized spacial score (nSPS) is 17.5. The van der Waals surface area contributed by atoms with Crippen molar-refractivity contribution in [3.63, 3.8) is 0 Å². The van der Waals surface area contributed by atoms with Crippen LogP contribution in [-0.4, -0.2) is 31.1 Å². The van der Waals surface area contributed by atoms with Crippen LogP contribution in [-0.2, 0) is 0 Å². The van der Waals surface area contributed by atoms with Gasteiger partial charge in [0.25, 0.3) is 0 Å². The highest BCUT2D eigenvalue weighted by Crippen LogP contribution is 2.34. The van der Waals surface area contributed by atoms with Gasteiger partial charge >= 0.3 is 0 Å². The smallest absolute Gasteiger partial charge is 0.200 e. The molecule has 0 aliphatic carbocycles. The number of nitrogens with zero attached hydrogens (tertiary/aromatic N) is 1. The van der Waals surface area contributed by atoms with Gasteiger partial charge in [-0.2, -0.15) is 0 Å². The Labute approximate surface area is 132 Å². The van der Waals surface area contributed by atoms with Gasteiger partial charge in [-0.15, -0.1) is 0 Å². The van der Waals surface area contributed by atoms with E-state index >= 15 is 0 Å². The lowest BCUT2D eigenvalue weighted by molar-refractivity contribution is 0.153. The van der Waals surface area contributed by atoms with Crippen LogP contribution < -0.4 is 5.32 Å². The summed E-state index contributed by atoms with van der Waals surface area (Å²) in [7, 11) is 0. The maximum absolute atomic E-state index is 14.2. The molecule has 1 N–H and O–H groups in total. The van der Waals surface area contributed by atoms with Gasteiger partial charge in [0.1, 0.15) is 0 Å². The van der Waals surface area contributed by atoms with E-state index in [1.807, 2.05) is 6.92 Å². The molecule has 1 aromatic carbocycles. The quantitative estimate of drug-likeness (QED) is 0.367. The number of benzene rings is 1. The highest BCUT2D eigenvalue weighted by molar-refractivity contribution is 5.27. The van der Waals surface area contributed by atoms with Crippen molar-refractivity contribution >= 4 is 0 Å². The van der Waals surface area contributed by atoms with Crippen molar-refractivity contribution in [3.8, 4) is 0 Å². The van der Waals surface area contributed by atoms with Gasteiger partial charge in [-0.05, 0) is 6.42 Å². The molecule has 0 bridgehead atoms. The summed E-state index contributed by atoms with van der Waals surface area (Å²) in [5.74, 6) is -9.25. The summed E-state index contributed by atoms with van der Waals surface area (Å²) in [5.41, 5.74) is -0.695. The summed E-state index contributed by atoms with van der Waals surface area (Å²) in [6, 6.07) is -0.798. The fourth-order valence-corrected chi connectivity index (χ4v) is 3.01. The number of hydrogen-bond acceptors (Lipinski definition) is 2. The third kappa shape index (κ3) is 3.83. The SMILES string of the molecule is CCCCC[C@@H](c1c(F)c(F)c(F)c(F)c1F)N1CCNCC1. The van der Waals surface area contributed by atoms with Gasteiger partial charge in [0.05, 0.1) is 0 Å². The van der Waals surface area contributed by atoms with Gasteiger partial charge < -0.3 is 5.32 Å². The van der Waals surface area contributed by atoms with Crippen LogP contribution in [0.4, 0.5) is 22.0 Å². The first kappa shape index (κ1) is 18.1. The fraction of sp³-hybridized carbons (Fsp3) is 0.625. The standard InChI is InChI=1S/C16H21F5N2/c1-2-3-4-5-10(23-8-6-22-7-9-23)11-12(17)14(19)16(21)15(20)13(11)18/h10,22H,2-9H2,1H3/t10-/m0/s1. The third-order valence-electron chi connectivity index (χ3n) is 4.25. The zero-order valence-corrected chi connectivity index (χ0v) is 13.1. The fourth-order valence-electron chi connectivity index (χ4n) is 3.01. The van der Waals surface area contributed by atoms with E-state index in [4.69, 9.17) is 0 Å². The van der Waals surface area contributed by atoms with E-state index in [0.29, 0.717) is 39.0 Å². The number of nitrogens with one attached hydrogen (secondary N) is 1. The van der Waals surface area contributed by atoms with Crippen molar-refractivity contribution < 1.29 is 22.0 Å². The Morgan fingerprint density at radius 1 is 0.870 bits per heavy atom. The summed E-state index contributed by atoms with van der Waals surface area (Å²) in [5, 5.41) is 3.11. The van der Waals surface area contributed by atoms with Crippen molar-refractivity contribution in [1.82, 2.24) is 10.2 Å². The second-order valence-corrected chi connectivity index (χ2v) is 5.78. The van der Waals surface area contributed by atoms with E-state index in [9.17, 15) is 22.0 Å². The van der Waals surface area contributed by atoms with Crippen molar-refractivity contribution in [2.75, 3.05) is 26.2 Å². The van der Waals surface area contributed by atoms with Crippen LogP contribution in [0.25, 0.3) is 0 Å². The van der Waals surface area contributed by atoms with Crippen LogP contribution in [0.2, 0.25) is 0 Å². The van der Waals surface area contributed by atoms with Crippen molar-refractivity contribution in [2.45, 2.75) is 38.6 Å². The molecule has 1 fully saturated rings. The predicted molar refractivity (Wildman–Crippen MR) is 77.6 cm³/mol. The second-order valence-electron chi connectivity index (χ2n) is 5.78. The number of halogens is 5. The minimum Gasteiger partial charge on any atom is -0.314 e. The third-order valence-corrected chi connectivity index (χ3v) is 4.25. The topological polar surface area (TPSA) is 15.3 Å². The molecule has 2 rings (SSSR count). The molecule has 0 aromatic heterocycles. The molecule has 23 heavy (non-hydrogen) atoms. The van der Waals surface area contributed by atoms with Crippen LogP contribution in [0.3, 0.4) is 0 Å². The largest absolute Gasteiger partial charge is 0.314 e. The zero-order valence-electron chi connectivity index (χ0n) is 13.1. The average Bonchev–Trinajstić information content (AvgIpc) is 2.58. The van der Waals surface area contributed by atoms with Gasteiger partial charge in [-0.3, -0.25) is 4.90 Å². The highest BCUT2D eigenvalue weighted by atomic mass is 19.2. The number of unbranched alkanes of at least 4 members (excludes halogenated alkanes) is 2. The Morgan fingerprint density at radius 2 is 1.39 bits per heavy atom. The summed E-state index contributed by atoms with van der Waals surface area (Å²) in [4.78, 5) is 1.80. The lowest BCUT2D eigenvalue weighted by Gasteiger charge is -2.35. The molecule has 1 aliphatic rings. The van der Waals surface area contributed by atoms with Gasteiger partial charge in [-0.25, -0.2) is 22.0 Å². The Kier molecular flexibility index (Phi) is 6.35. The molecule has 0 unspecified atom stereocenters. The van der Waals surface area contributed by atoms with E-state index in [1.54, 1.807) is 4.90 Å². The van der Waals surface area contributed by atoms with E-state index in [1.165, 1.54) is 0 Å². The molecule has 130 valence electrons. The molecule has 1 atom stereocenters. The van der Waals surface area contributed by atoms with E-state index in [-0.39, 0.29) is 0 Å². The van der Waals surface area contributed by atoms with E-state index < -0.39 is 40.7 Å². The summed E-state index contributed by atoms with van der Waals surface area (Å²) < 4.78 is 68.6. The predicted octanol–water partition coefficient (Wildman–Crippen LogP) is 3.91. The number of hydrogen-bond donors (Lipinski definition) is 1. The zero-order chi connectivity index (χ0) is 17.0. The average molecular weight is 336 g/mol. The molecular formula is C16H21F5N2. The second kappa shape index (κ2) is 8.06. The van der Waals surface area contributed by atoms with Crippen molar-refractivity contribution in [3.05, 3.63) is 34.6 Å². The first-order valence-electron chi connectivity index (χ1n) is 7.95. The van der Waals surface area contributed by atoms with Gasteiger partial charge in [0, 0.05) is 37.8 Å². The molecule has 0 amide bonds. The minimum atomic E-state index is -2.10. The maximum Gasteiger partial charge on any atom is 0.200 e. The lowest BCUT2D eigenvalue weighted by Crippen LogP contribution is -2.45. The van der Waals surface area contributed by atoms with Crippen LogP contribution in [0.1, 0.15) is 44.2 Å². The molecule has 0 saturated carbocycles. The first-order chi connectivity index (χ1) is 11.0. The Balaban J connectivity index is 2.41. The van der Waals surface area contributed by atoms with E-state index in [0.717, 1.165) is 12.8 Å².